The summed E-state index contributed by atoms with van der Waals surface area (Å²) in [7, 11) is 0. The fraction of sp³-hybridized carbons (Fsp3) is 0.481. The molecule has 168 valence electrons. The van der Waals surface area contributed by atoms with E-state index in [0.29, 0.717) is 24.3 Å². The summed E-state index contributed by atoms with van der Waals surface area (Å²) in [6, 6.07) is 12.2. The zero-order valence-electron chi connectivity index (χ0n) is 20.2. The second-order valence-electron chi connectivity index (χ2n) is 9.09. The third kappa shape index (κ3) is 5.75. The highest BCUT2D eigenvalue weighted by molar-refractivity contribution is 5.73. The van der Waals surface area contributed by atoms with Crippen molar-refractivity contribution >= 4 is 11.9 Å². The number of hydrogen-bond acceptors (Lipinski definition) is 4. The lowest BCUT2D eigenvalue weighted by atomic mass is 9.76. The highest BCUT2D eigenvalue weighted by Crippen LogP contribution is 2.39. The molecule has 0 unspecified atom stereocenters. The van der Waals surface area contributed by atoms with Crippen molar-refractivity contribution in [3.63, 3.8) is 0 Å². The Kier molecular flexibility index (Phi) is 8.05. The van der Waals surface area contributed by atoms with Crippen molar-refractivity contribution in [1.82, 2.24) is 0 Å². The Labute approximate surface area is 187 Å². The Bertz CT molecular complexity index is 863. The van der Waals surface area contributed by atoms with Gasteiger partial charge in [-0.3, -0.25) is 9.59 Å². The van der Waals surface area contributed by atoms with E-state index in [0.717, 1.165) is 22.3 Å². The first-order chi connectivity index (χ1) is 14.5. The second-order valence-corrected chi connectivity index (χ2v) is 9.09. The summed E-state index contributed by atoms with van der Waals surface area (Å²) in [6.07, 6.45) is 0.690. The molecule has 0 bridgehead atoms. The molecule has 0 aliphatic carbocycles. The predicted octanol–water partition coefficient (Wildman–Crippen LogP) is 6.89. The molecule has 0 saturated carbocycles. The van der Waals surface area contributed by atoms with Gasteiger partial charge in [0.15, 0.2) is 0 Å². The molecular formula is C27H36O4. The summed E-state index contributed by atoms with van der Waals surface area (Å²) in [4.78, 5) is 23.7. The Balaban J connectivity index is 2.50. The molecule has 0 fully saturated rings. The number of benzene rings is 2. The minimum atomic E-state index is -0.284. The van der Waals surface area contributed by atoms with Crippen LogP contribution in [0, 0.1) is 0 Å². The smallest absolute Gasteiger partial charge is 0.310 e. The average Bonchev–Trinajstić information content (AvgIpc) is 2.73. The Morgan fingerprint density at radius 3 is 1.39 bits per heavy atom. The van der Waals surface area contributed by atoms with Crippen LogP contribution in [0.3, 0.4) is 0 Å². The Hall–Kier alpha value is -2.62. The van der Waals surface area contributed by atoms with Crippen molar-refractivity contribution < 1.29 is 19.1 Å². The van der Waals surface area contributed by atoms with Crippen LogP contribution in [0.2, 0.25) is 0 Å². The quantitative estimate of drug-likeness (QED) is 0.342. The van der Waals surface area contributed by atoms with Crippen molar-refractivity contribution in [3.8, 4) is 11.5 Å². The second kappa shape index (κ2) is 10.1. The van der Waals surface area contributed by atoms with E-state index in [4.69, 9.17) is 9.47 Å². The van der Waals surface area contributed by atoms with Crippen LogP contribution in [0.15, 0.2) is 36.4 Å². The van der Waals surface area contributed by atoms with E-state index in [-0.39, 0.29) is 29.2 Å². The maximum atomic E-state index is 11.8. The number of carbonyl (C=O) groups excluding carboxylic acids is 2. The van der Waals surface area contributed by atoms with Crippen LogP contribution >= 0.6 is 0 Å². The van der Waals surface area contributed by atoms with Gasteiger partial charge in [0, 0.05) is 18.3 Å². The summed E-state index contributed by atoms with van der Waals surface area (Å²) < 4.78 is 11.1. The fourth-order valence-corrected chi connectivity index (χ4v) is 3.52. The van der Waals surface area contributed by atoms with Crippen molar-refractivity contribution in [2.24, 2.45) is 0 Å². The van der Waals surface area contributed by atoms with Gasteiger partial charge in [0.25, 0.3) is 0 Å². The number of carbonyl (C=O) groups is 2. The first kappa shape index (κ1) is 24.6. The maximum absolute atomic E-state index is 11.8. The van der Waals surface area contributed by atoms with Crippen LogP contribution in [0.1, 0.15) is 102 Å². The standard InChI is InChI=1S/C27H36O4/c1-9-25(28)30-23-13-11-19(15-21(23)17(3)4)27(7,8)20-12-14-24(31-26(29)10-2)22(16-20)18(5)6/h11-18H,9-10H2,1-8H3. The first-order valence-electron chi connectivity index (χ1n) is 11.2. The Morgan fingerprint density at radius 1 is 0.742 bits per heavy atom. The van der Waals surface area contributed by atoms with E-state index in [1.54, 1.807) is 13.8 Å². The monoisotopic (exact) mass is 424 g/mol. The van der Waals surface area contributed by atoms with Crippen LogP contribution in [0.5, 0.6) is 11.5 Å². The van der Waals surface area contributed by atoms with Crippen LogP contribution in [-0.4, -0.2) is 11.9 Å². The molecule has 0 amide bonds. The zero-order valence-corrected chi connectivity index (χ0v) is 20.2. The molecule has 0 aromatic heterocycles. The predicted molar refractivity (Wildman–Crippen MR) is 125 cm³/mol. The summed E-state index contributed by atoms with van der Waals surface area (Å²) in [5, 5.41) is 0. The molecule has 0 heterocycles. The van der Waals surface area contributed by atoms with Gasteiger partial charge in [0.1, 0.15) is 11.5 Å². The van der Waals surface area contributed by atoms with E-state index in [1.165, 1.54) is 0 Å². The number of ether oxygens (including phenoxy) is 2. The number of esters is 2. The third-order valence-electron chi connectivity index (χ3n) is 5.73. The van der Waals surface area contributed by atoms with Gasteiger partial charge >= 0.3 is 11.9 Å². The number of hydrogen-bond donors (Lipinski definition) is 0. The van der Waals surface area contributed by atoms with Gasteiger partial charge in [0.2, 0.25) is 0 Å². The van der Waals surface area contributed by atoms with Crippen LogP contribution in [0.4, 0.5) is 0 Å². The molecule has 0 atom stereocenters. The lowest BCUT2D eigenvalue weighted by molar-refractivity contribution is -0.135. The molecule has 0 radical (unpaired) electrons. The lowest BCUT2D eigenvalue weighted by Gasteiger charge is -2.29. The van der Waals surface area contributed by atoms with Gasteiger partial charge in [-0.15, -0.1) is 0 Å². The van der Waals surface area contributed by atoms with Crippen LogP contribution in [0.25, 0.3) is 0 Å². The van der Waals surface area contributed by atoms with E-state index in [9.17, 15) is 9.59 Å². The van der Waals surface area contributed by atoms with Crippen molar-refractivity contribution in [3.05, 3.63) is 58.7 Å². The van der Waals surface area contributed by atoms with Gasteiger partial charge in [-0.2, -0.15) is 0 Å². The molecule has 4 heteroatoms. The summed E-state index contributed by atoms with van der Waals surface area (Å²) in [5.41, 5.74) is 4.03. The van der Waals surface area contributed by atoms with Crippen LogP contribution < -0.4 is 9.47 Å². The van der Waals surface area contributed by atoms with Crippen molar-refractivity contribution in [2.75, 3.05) is 0 Å². The van der Waals surface area contributed by atoms with Crippen molar-refractivity contribution in [1.29, 1.82) is 0 Å². The van der Waals surface area contributed by atoms with Gasteiger partial charge in [-0.1, -0.05) is 79.7 Å². The van der Waals surface area contributed by atoms with Gasteiger partial charge in [-0.05, 0) is 46.2 Å². The minimum absolute atomic E-state index is 0.220. The fourth-order valence-electron chi connectivity index (χ4n) is 3.52. The molecular weight excluding hydrogens is 388 g/mol. The van der Waals surface area contributed by atoms with E-state index >= 15 is 0 Å². The maximum Gasteiger partial charge on any atom is 0.310 e. The highest BCUT2D eigenvalue weighted by Gasteiger charge is 2.27. The van der Waals surface area contributed by atoms with Crippen LogP contribution in [-0.2, 0) is 15.0 Å². The molecule has 0 aliphatic rings. The SMILES string of the molecule is CCC(=O)Oc1ccc(C(C)(C)c2ccc(OC(=O)CC)c(C(C)C)c2)cc1C(C)C. The van der Waals surface area contributed by atoms with Gasteiger partial charge < -0.3 is 9.47 Å². The third-order valence-corrected chi connectivity index (χ3v) is 5.73. The summed E-state index contributed by atoms with van der Waals surface area (Å²) in [5.74, 6) is 1.24. The largest absolute Gasteiger partial charge is 0.426 e. The van der Waals surface area contributed by atoms with E-state index < -0.39 is 0 Å². The molecule has 0 saturated heterocycles. The van der Waals surface area contributed by atoms with Crippen molar-refractivity contribution in [2.45, 2.75) is 85.5 Å². The summed E-state index contributed by atoms with van der Waals surface area (Å²) in [6.45, 7) is 16.4. The first-order valence-corrected chi connectivity index (χ1v) is 11.2. The lowest BCUT2D eigenvalue weighted by Crippen LogP contribution is -2.20. The minimum Gasteiger partial charge on any atom is -0.426 e. The zero-order chi connectivity index (χ0) is 23.3. The average molecular weight is 425 g/mol. The molecule has 0 N–H and O–H groups in total. The van der Waals surface area contributed by atoms with Gasteiger partial charge in [-0.25, -0.2) is 0 Å². The number of rotatable bonds is 8. The van der Waals surface area contributed by atoms with Gasteiger partial charge in [0.05, 0.1) is 0 Å². The molecule has 4 nitrogen and oxygen atoms in total. The highest BCUT2D eigenvalue weighted by atomic mass is 16.5. The molecule has 2 aromatic rings. The molecule has 31 heavy (non-hydrogen) atoms. The van der Waals surface area contributed by atoms with E-state index in [1.807, 2.05) is 24.3 Å². The summed E-state index contributed by atoms with van der Waals surface area (Å²) >= 11 is 0. The topological polar surface area (TPSA) is 52.6 Å². The molecule has 2 aromatic carbocycles. The van der Waals surface area contributed by atoms with E-state index in [2.05, 4.69) is 53.7 Å². The Morgan fingerprint density at radius 2 is 1.10 bits per heavy atom. The molecule has 0 spiro atoms. The normalized spacial score (nSPS) is 11.7. The molecule has 0 aliphatic heterocycles. The molecule has 2 rings (SSSR count).